The van der Waals surface area contributed by atoms with Crippen LogP contribution in [-0.4, -0.2) is 37.3 Å². The van der Waals surface area contributed by atoms with E-state index in [-0.39, 0.29) is 21.7 Å². The molecule has 4 heterocycles. The number of rotatable bonds is 5. The molecule has 214 valence electrons. The Hall–Kier alpha value is -4.56. The van der Waals surface area contributed by atoms with Crippen LogP contribution >= 0.6 is 11.3 Å². The highest BCUT2D eigenvalue weighted by molar-refractivity contribution is 7.07. The number of para-hydroxylation sites is 1. The van der Waals surface area contributed by atoms with Gasteiger partial charge in [0.2, 0.25) is 0 Å². The summed E-state index contributed by atoms with van der Waals surface area (Å²) in [6.07, 6.45) is 8.70. The van der Waals surface area contributed by atoms with Gasteiger partial charge >= 0.3 is 0 Å². The van der Waals surface area contributed by atoms with E-state index < -0.39 is 0 Å². The normalized spacial score (nSPS) is 16.5. The number of aromatic nitrogens is 4. The Morgan fingerprint density at radius 1 is 1.02 bits per heavy atom. The third-order valence-corrected chi connectivity index (χ3v) is 9.12. The first-order valence-corrected chi connectivity index (χ1v) is 15.2. The number of nitro benzene ring substituents is 1. The third kappa shape index (κ3) is 5.14. The Morgan fingerprint density at radius 2 is 1.79 bits per heavy atom. The number of nitriles is 1. The van der Waals surface area contributed by atoms with Gasteiger partial charge in [-0.1, -0.05) is 30.7 Å². The Bertz CT molecular complexity index is 1890. The van der Waals surface area contributed by atoms with Gasteiger partial charge in [-0.25, -0.2) is 0 Å². The summed E-state index contributed by atoms with van der Waals surface area (Å²) in [7, 11) is 0. The second kappa shape index (κ2) is 11.7. The summed E-state index contributed by atoms with van der Waals surface area (Å²) in [6.45, 7) is 4.22. The lowest BCUT2D eigenvalue weighted by molar-refractivity contribution is -0.384. The first kappa shape index (κ1) is 27.6. The van der Waals surface area contributed by atoms with Gasteiger partial charge in [0, 0.05) is 32.1 Å². The molecular formula is C31H31N7O3S. The molecular weight excluding hydrogens is 550 g/mol. The second-order valence-electron chi connectivity index (χ2n) is 10.8. The lowest BCUT2D eigenvalue weighted by atomic mass is 10.1. The van der Waals surface area contributed by atoms with E-state index in [1.54, 1.807) is 16.7 Å². The van der Waals surface area contributed by atoms with Gasteiger partial charge < -0.3 is 9.47 Å². The monoisotopic (exact) mass is 581 g/mol. The molecule has 0 spiro atoms. The summed E-state index contributed by atoms with van der Waals surface area (Å²) >= 11 is 1.19. The van der Waals surface area contributed by atoms with Crippen molar-refractivity contribution in [2.24, 2.45) is 0 Å². The Morgan fingerprint density at radius 3 is 2.55 bits per heavy atom. The van der Waals surface area contributed by atoms with Crippen LogP contribution in [0.4, 0.5) is 11.4 Å². The number of nitrogens with zero attached hydrogens (tertiary/aromatic N) is 7. The average molecular weight is 582 g/mol. The van der Waals surface area contributed by atoms with E-state index in [9.17, 15) is 20.2 Å². The van der Waals surface area contributed by atoms with Crippen molar-refractivity contribution in [2.45, 2.75) is 58.4 Å². The topological polar surface area (TPSA) is 123 Å². The zero-order valence-corrected chi connectivity index (χ0v) is 24.3. The van der Waals surface area contributed by atoms with Gasteiger partial charge in [0.1, 0.15) is 27.8 Å². The molecule has 0 bridgehead atoms. The van der Waals surface area contributed by atoms with Crippen LogP contribution in [-0.2, 0) is 13.0 Å². The molecule has 11 heteroatoms. The van der Waals surface area contributed by atoms with E-state index in [2.05, 4.69) is 21.2 Å². The number of hydrogen-bond acceptors (Lipinski definition) is 8. The van der Waals surface area contributed by atoms with Crippen LogP contribution in [0.25, 0.3) is 17.3 Å². The molecule has 2 aliphatic heterocycles. The standard InChI is InChI=1S/C31H31N7O3S/c1-21-10-5-6-11-24(21)37-30(39)27(19-22-13-14-25(26(18-22)38(40)41)35-15-7-3-8-16-35)42-31(37)23(20-32)29-34-33-28-12-4-2-9-17-36(28)29/h5-6,10-11,13-14,18-19H,2-4,7-9,12,15-17H2,1H3. The van der Waals surface area contributed by atoms with Crippen LogP contribution in [0.2, 0.25) is 0 Å². The highest BCUT2D eigenvalue weighted by Crippen LogP contribution is 2.31. The number of piperidine rings is 1. The van der Waals surface area contributed by atoms with Gasteiger partial charge in [-0.2, -0.15) is 5.26 Å². The maximum Gasteiger partial charge on any atom is 0.293 e. The van der Waals surface area contributed by atoms with E-state index >= 15 is 0 Å². The molecule has 2 aliphatic rings. The third-order valence-electron chi connectivity index (χ3n) is 8.03. The molecule has 1 fully saturated rings. The number of benzene rings is 2. The van der Waals surface area contributed by atoms with Gasteiger partial charge in [0.15, 0.2) is 5.82 Å². The minimum absolute atomic E-state index is 0.0251. The molecule has 1 saturated heterocycles. The van der Waals surface area contributed by atoms with Crippen molar-refractivity contribution in [2.75, 3.05) is 18.0 Å². The number of nitro groups is 1. The maximum absolute atomic E-state index is 14.0. The van der Waals surface area contributed by atoms with Crippen molar-refractivity contribution in [3.8, 4) is 11.8 Å². The summed E-state index contributed by atoms with van der Waals surface area (Å²) in [5.74, 6) is 1.32. The molecule has 0 unspecified atom stereocenters. The summed E-state index contributed by atoms with van der Waals surface area (Å²) in [6, 6.07) is 15.0. The smallest absolute Gasteiger partial charge is 0.293 e. The first-order chi connectivity index (χ1) is 20.5. The molecule has 6 rings (SSSR count). The molecule has 0 aliphatic carbocycles. The van der Waals surface area contributed by atoms with Gasteiger partial charge in [-0.05, 0) is 68.4 Å². The predicted molar refractivity (Wildman–Crippen MR) is 162 cm³/mol. The van der Waals surface area contributed by atoms with Crippen LogP contribution in [0.15, 0.2) is 47.3 Å². The maximum atomic E-state index is 14.0. The van der Waals surface area contributed by atoms with E-state index in [0.717, 1.165) is 76.0 Å². The van der Waals surface area contributed by atoms with Gasteiger partial charge in [0.25, 0.3) is 11.2 Å². The Kier molecular flexibility index (Phi) is 7.71. The van der Waals surface area contributed by atoms with E-state index in [0.29, 0.717) is 32.0 Å². The molecule has 0 radical (unpaired) electrons. The second-order valence-corrected chi connectivity index (χ2v) is 11.8. The number of thiazole rings is 1. The van der Waals surface area contributed by atoms with Gasteiger partial charge in [0.05, 0.1) is 15.1 Å². The molecule has 0 atom stereocenters. The largest absolute Gasteiger partial charge is 0.366 e. The summed E-state index contributed by atoms with van der Waals surface area (Å²) in [5, 5.41) is 31.3. The molecule has 2 aromatic heterocycles. The number of anilines is 1. The van der Waals surface area contributed by atoms with Crippen LogP contribution < -0.4 is 19.7 Å². The fourth-order valence-electron chi connectivity index (χ4n) is 5.88. The Balaban J connectivity index is 1.58. The van der Waals surface area contributed by atoms with Crippen molar-refractivity contribution < 1.29 is 4.92 Å². The zero-order chi connectivity index (χ0) is 29.2. The zero-order valence-electron chi connectivity index (χ0n) is 23.5. The predicted octanol–water partition coefficient (Wildman–Crippen LogP) is 3.98. The van der Waals surface area contributed by atoms with E-state index in [4.69, 9.17) is 0 Å². The lowest BCUT2D eigenvalue weighted by Crippen LogP contribution is -2.31. The van der Waals surface area contributed by atoms with Crippen LogP contribution in [0.3, 0.4) is 0 Å². The van der Waals surface area contributed by atoms with Crippen LogP contribution in [0.1, 0.15) is 61.3 Å². The highest BCUT2D eigenvalue weighted by atomic mass is 32.1. The summed E-state index contributed by atoms with van der Waals surface area (Å²) in [5.41, 5.74) is 2.72. The van der Waals surface area contributed by atoms with Crippen LogP contribution in [0.5, 0.6) is 0 Å². The summed E-state index contributed by atoms with van der Waals surface area (Å²) < 4.78 is 4.40. The van der Waals surface area contributed by atoms with Crippen molar-refractivity contribution in [3.63, 3.8) is 0 Å². The van der Waals surface area contributed by atoms with Crippen molar-refractivity contribution in [1.29, 1.82) is 5.26 Å². The van der Waals surface area contributed by atoms with E-state index in [1.165, 1.54) is 17.4 Å². The van der Waals surface area contributed by atoms with E-state index in [1.807, 2.05) is 41.8 Å². The van der Waals surface area contributed by atoms with Crippen molar-refractivity contribution in [1.82, 2.24) is 19.3 Å². The number of hydrogen-bond donors (Lipinski definition) is 0. The van der Waals surface area contributed by atoms with Crippen molar-refractivity contribution >= 4 is 34.4 Å². The molecule has 0 saturated carbocycles. The van der Waals surface area contributed by atoms with Crippen LogP contribution in [0, 0.1) is 28.4 Å². The van der Waals surface area contributed by atoms with Gasteiger partial charge in [-0.3, -0.25) is 19.5 Å². The first-order valence-electron chi connectivity index (χ1n) is 14.4. The molecule has 4 aromatic rings. The minimum atomic E-state index is -0.356. The summed E-state index contributed by atoms with van der Waals surface area (Å²) in [4.78, 5) is 27.8. The van der Waals surface area contributed by atoms with Gasteiger partial charge in [-0.15, -0.1) is 21.5 Å². The molecule has 0 amide bonds. The minimum Gasteiger partial charge on any atom is -0.366 e. The lowest BCUT2D eigenvalue weighted by Gasteiger charge is -2.28. The van der Waals surface area contributed by atoms with Crippen molar-refractivity contribution in [3.05, 3.63) is 94.9 Å². The highest BCUT2D eigenvalue weighted by Gasteiger charge is 2.23. The fourth-order valence-corrected chi connectivity index (χ4v) is 6.97. The molecule has 2 aromatic carbocycles. The number of aryl methyl sites for hydroxylation is 2. The average Bonchev–Trinajstić information content (AvgIpc) is 3.44. The molecule has 10 nitrogen and oxygen atoms in total. The molecule has 42 heavy (non-hydrogen) atoms. The number of fused-ring (bicyclic) bond motifs is 1. The Labute approximate surface area is 246 Å². The molecule has 0 N–H and O–H groups in total. The fraction of sp³-hybridized carbons (Fsp3) is 0.355. The SMILES string of the molecule is Cc1ccccc1-n1c(=C(C#N)c2nnc3n2CCCCC3)sc(=Cc2ccc(N3CCCCC3)c([N+](=O)[O-])c2)c1=O. The quantitative estimate of drug-likeness (QED) is 0.258.